The molecule has 0 unspecified atom stereocenters. The topological polar surface area (TPSA) is 84.5 Å². The lowest BCUT2D eigenvalue weighted by Gasteiger charge is -2.07. The quantitative estimate of drug-likeness (QED) is 0.409. The van der Waals surface area contributed by atoms with Gasteiger partial charge in [-0.3, -0.25) is 9.59 Å². The second-order valence-electron chi connectivity index (χ2n) is 6.79. The van der Waals surface area contributed by atoms with E-state index in [4.69, 9.17) is 8.83 Å². The molecule has 2 aromatic heterocycles. The fourth-order valence-corrected chi connectivity index (χ4v) is 3.25. The highest BCUT2D eigenvalue weighted by Crippen LogP contribution is 2.23. The molecule has 2 N–H and O–H groups in total. The third-order valence-corrected chi connectivity index (χ3v) is 4.68. The smallest absolute Gasteiger partial charge is 0.291 e. The SMILES string of the molecule is O=C(Nc1cccc(NC(=O)c2cc3ccccc3o2)c1)c1cc2ccccc2o1. The number of amides is 2. The zero-order valence-corrected chi connectivity index (χ0v) is 15.7. The van der Waals surface area contributed by atoms with Crippen LogP contribution in [0.25, 0.3) is 21.9 Å². The van der Waals surface area contributed by atoms with E-state index in [0.717, 1.165) is 10.8 Å². The number of hydrogen-bond acceptors (Lipinski definition) is 4. The second-order valence-corrected chi connectivity index (χ2v) is 6.79. The van der Waals surface area contributed by atoms with Gasteiger partial charge in [-0.2, -0.15) is 0 Å². The summed E-state index contributed by atoms with van der Waals surface area (Å²) in [4.78, 5) is 25.1. The Morgan fingerprint density at radius 2 is 1.03 bits per heavy atom. The minimum atomic E-state index is -0.369. The normalized spacial score (nSPS) is 10.9. The lowest BCUT2D eigenvalue weighted by Crippen LogP contribution is -2.13. The Bertz CT molecular complexity index is 1230. The van der Waals surface area contributed by atoms with Crippen molar-refractivity contribution in [1.29, 1.82) is 0 Å². The first-order valence-electron chi connectivity index (χ1n) is 9.36. The monoisotopic (exact) mass is 396 g/mol. The zero-order valence-electron chi connectivity index (χ0n) is 15.7. The highest BCUT2D eigenvalue weighted by molar-refractivity contribution is 6.06. The van der Waals surface area contributed by atoms with E-state index in [2.05, 4.69) is 10.6 Å². The molecule has 2 amide bonds. The van der Waals surface area contributed by atoms with Gasteiger partial charge in [-0.05, 0) is 42.5 Å². The molecule has 6 heteroatoms. The van der Waals surface area contributed by atoms with Gasteiger partial charge in [-0.15, -0.1) is 0 Å². The van der Waals surface area contributed by atoms with Gasteiger partial charge >= 0.3 is 0 Å². The third-order valence-electron chi connectivity index (χ3n) is 4.68. The standard InChI is InChI=1S/C24H16N2O4/c27-23(21-12-15-6-1-3-10-19(15)29-21)25-17-8-5-9-18(14-17)26-24(28)22-13-16-7-2-4-11-20(16)30-22/h1-14H,(H,25,27)(H,26,28). The number of carbonyl (C=O) groups excluding carboxylic acids is 2. The van der Waals surface area contributed by atoms with E-state index in [1.54, 1.807) is 48.5 Å². The molecule has 0 fully saturated rings. The van der Waals surface area contributed by atoms with Gasteiger partial charge in [0, 0.05) is 22.1 Å². The van der Waals surface area contributed by atoms with Crippen molar-refractivity contribution in [3.05, 3.63) is 96.4 Å². The molecule has 5 aromatic rings. The Hall–Kier alpha value is -4.32. The van der Waals surface area contributed by atoms with Crippen LogP contribution in [0.5, 0.6) is 0 Å². The van der Waals surface area contributed by atoms with Crippen LogP contribution in [0.15, 0.2) is 93.8 Å². The Kier molecular flexibility index (Phi) is 4.29. The van der Waals surface area contributed by atoms with E-state index < -0.39 is 0 Å². The highest BCUT2D eigenvalue weighted by atomic mass is 16.4. The summed E-state index contributed by atoms with van der Waals surface area (Å²) in [6.07, 6.45) is 0. The van der Waals surface area contributed by atoms with Crippen LogP contribution < -0.4 is 10.6 Å². The summed E-state index contributed by atoms with van der Waals surface area (Å²) in [6, 6.07) is 25.1. The van der Waals surface area contributed by atoms with E-state index in [1.807, 2.05) is 36.4 Å². The molecule has 0 aliphatic rings. The number of carbonyl (C=O) groups is 2. The minimum Gasteiger partial charge on any atom is -0.451 e. The van der Waals surface area contributed by atoms with Crippen LogP contribution in [0.1, 0.15) is 21.1 Å². The summed E-state index contributed by atoms with van der Waals surface area (Å²) in [6.45, 7) is 0. The molecule has 0 bridgehead atoms. The fraction of sp³-hybridized carbons (Fsp3) is 0. The predicted molar refractivity (Wildman–Crippen MR) is 115 cm³/mol. The van der Waals surface area contributed by atoms with Gasteiger partial charge in [0.1, 0.15) is 11.2 Å². The van der Waals surface area contributed by atoms with E-state index in [9.17, 15) is 9.59 Å². The molecule has 0 saturated carbocycles. The number of benzene rings is 3. The van der Waals surface area contributed by atoms with Crippen LogP contribution in [0.3, 0.4) is 0 Å². The average molecular weight is 396 g/mol. The molecule has 0 aliphatic heterocycles. The van der Waals surface area contributed by atoms with Gasteiger partial charge in [0.2, 0.25) is 0 Å². The summed E-state index contributed by atoms with van der Waals surface area (Å²) < 4.78 is 11.2. The molecule has 2 heterocycles. The summed E-state index contributed by atoms with van der Waals surface area (Å²) in [7, 11) is 0. The molecule has 30 heavy (non-hydrogen) atoms. The first kappa shape index (κ1) is 17.8. The molecule has 5 rings (SSSR count). The van der Waals surface area contributed by atoms with Crippen molar-refractivity contribution in [2.75, 3.05) is 10.6 Å². The van der Waals surface area contributed by atoms with Gasteiger partial charge in [0.25, 0.3) is 11.8 Å². The van der Waals surface area contributed by atoms with Gasteiger partial charge < -0.3 is 19.5 Å². The zero-order chi connectivity index (χ0) is 20.5. The van der Waals surface area contributed by atoms with Gasteiger partial charge in [-0.25, -0.2) is 0 Å². The van der Waals surface area contributed by atoms with Gasteiger partial charge in [0.15, 0.2) is 11.5 Å². The molecular weight excluding hydrogens is 380 g/mol. The first-order chi connectivity index (χ1) is 14.7. The Balaban J connectivity index is 1.32. The number of nitrogens with one attached hydrogen (secondary N) is 2. The van der Waals surface area contributed by atoms with Crippen molar-refractivity contribution in [3.8, 4) is 0 Å². The summed E-state index contributed by atoms with van der Waals surface area (Å²) >= 11 is 0. The highest BCUT2D eigenvalue weighted by Gasteiger charge is 2.14. The van der Waals surface area contributed by atoms with Crippen molar-refractivity contribution >= 4 is 45.1 Å². The maximum atomic E-state index is 12.5. The largest absolute Gasteiger partial charge is 0.451 e. The average Bonchev–Trinajstić information content (AvgIpc) is 3.38. The van der Waals surface area contributed by atoms with E-state index in [-0.39, 0.29) is 23.3 Å². The molecule has 6 nitrogen and oxygen atoms in total. The van der Waals surface area contributed by atoms with E-state index in [1.165, 1.54) is 0 Å². The van der Waals surface area contributed by atoms with Crippen molar-refractivity contribution < 1.29 is 18.4 Å². The van der Waals surface area contributed by atoms with E-state index >= 15 is 0 Å². The van der Waals surface area contributed by atoms with Crippen molar-refractivity contribution in [2.24, 2.45) is 0 Å². The Labute approximate surface area is 171 Å². The van der Waals surface area contributed by atoms with Crippen molar-refractivity contribution in [2.45, 2.75) is 0 Å². The van der Waals surface area contributed by atoms with Crippen LogP contribution in [-0.4, -0.2) is 11.8 Å². The lowest BCUT2D eigenvalue weighted by molar-refractivity contribution is 0.0992. The van der Waals surface area contributed by atoms with Crippen LogP contribution in [0.2, 0.25) is 0 Å². The second kappa shape index (κ2) is 7.25. The van der Waals surface area contributed by atoms with Crippen LogP contribution in [0, 0.1) is 0 Å². The van der Waals surface area contributed by atoms with Crippen molar-refractivity contribution in [3.63, 3.8) is 0 Å². The molecule has 0 saturated heterocycles. The number of anilines is 2. The lowest BCUT2D eigenvalue weighted by atomic mass is 10.2. The van der Waals surface area contributed by atoms with Gasteiger partial charge in [0.05, 0.1) is 0 Å². The minimum absolute atomic E-state index is 0.216. The molecule has 0 spiro atoms. The summed E-state index contributed by atoms with van der Waals surface area (Å²) in [5.41, 5.74) is 2.36. The third kappa shape index (κ3) is 3.42. The molecule has 0 aliphatic carbocycles. The summed E-state index contributed by atoms with van der Waals surface area (Å²) in [5.74, 6) is -0.306. The van der Waals surface area contributed by atoms with Crippen molar-refractivity contribution in [1.82, 2.24) is 0 Å². The maximum Gasteiger partial charge on any atom is 0.291 e. The number of fused-ring (bicyclic) bond motifs is 2. The van der Waals surface area contributed by atoms with E-state index in [0.29, 0.717) is 22.5 Å². The summed E-state index contributed by atoms with van der Waals surface area (Å²) in [5, 5.41) is 7.29. The molecular formula is C24H16N2O4. The molecule has 3 aromatic carbocycles. The Morgan fingerprint density at radius 1 is 0.567 bits per heavy atom. The first-order valence-corrected chi connectivity index (χ1v) is 9.36. The molecule has 0 radical (unpaired) electrons. The number of hydrogen-bond donors (Lipinski definition) is 2. The van der Waals surface area contributed by atoms with Crippen LogP contribution in [0.4, 0.5) is 11.4 Å². The number of para-hydroxylation sites is 2. The Morgan fingerprint density at radius 3 is 1.50 bits per heavy atom. The fourth-order valence-electron chi connectivity index (χ4n) is 3.25. The predicted octanol–water partition coefficient (Wildman–Crippen LogP) is 5.68. The maximum absolute atomic E-state index is 12.5. The molecule has 146 valence electrons. The molecule has 0 atom stereocenters. The number of furan rings is 2. The number of rotatable bonds is 4. The van der Waals surface area contributed by atoms with Gasteiger partial charge in [-0.1, -0.05) is 42.5 Å². The van der Waals surface area contributed by atoms with Crippen LogP contribution >= 0.6 is 0 Å². The van der Waals surface area contributed by atoms with Crippen LogP contribution in [-0.2, 0) is 0 Å².